The van der Waals surface area contributed by atoms with E-state index in [1.54, 1.807) is 25.1 Å². The fourth-order valence-electron chi connectivity index (χ4n) is 3.25. The summed E-state index contributed by atoms with van der Waals surface area (Å²) in [6.45, 7) is 3.47. The highest BCUT2D eigenvalue weighted by molar-refractivity contribution is 5.91. The Labute approximate surface area is 153 Å². The maximum atomic E-state index is 12.4. The van der Waals surface area contributed by atoms with Crippen molar-refractivity contribution in [3.63, 3.8) is 0 Å². The number of carbonyl (C=O) groups is 1. The van der Waals surface area contributed by atoms with E-state index in [4.69, 9.17) is 9.47 Å². The molecule has 0 aliphatic carbocycles. The van der Waals surface area contributed by atoms with Gasteiger partial charge < -0.3 is 20.1 Å². The molecule has 0 spiro atoms. The van der Waals surface area contributed by atoms with Crippen molar-refractivity contribution >= 4 is 11.7 Å². The Hall–Kier alpha value is -2.54. The molecule has 1 aliphatic rings. The van der Waals surface area contributed by atoms with Crippen LogP contribution in [0.3, 0.4) is 0 Å². The fraction of sp³-hybridized carbons (Fsp3) is 0.474. The van der Waals surface area contributed by atoms with Crippen LogP contribution in [0.4, 0.5) is 5.82 Å². The van der Waals surface area contributed by atoms with Crippen molar-refractivity contribution in [2.24, 2.45) is 0 Å². The lowest BCUT2D eigenvalue weighted by atomic mass is 10.1. The van der Waals surface area contributed by atoms with Gasteiger partial charge in [0.1, 0.15) is 5.82 Å². The average Bonchev–Trinajstić information content (AvgIpc) is 3.26. The van der Waals surface area contributed by atoms with Crippen LogP contribution < -0.4 is 20.1 Å². The van der Waals surface area contributed by atoms with Crippen molar-refractivity contribution in [2.75, 3.05) is 26.1 Å². The molecule has 26 heavy (non-hydrogen) atoms. The number of amides is 1. The number of aromatic nitrogens is 2. The Kier molecular flexibility index (Phi) is 5.78. The standard InChI is InChI=1S/C19H26N4O3/c1-13-11-21-23(12-14-6-7-16(25-2)17(9-14)26-3)19(13)22-18(24)10-15-5-4-8-20-15/h6-7,9,11,15,20H,4-5,8,10,12H2,1-3H3,(H,22,24). The minimum Gasteiger partial charge on any atom is -0.493 e. The number of carbonyl (C=O) groups excluding carboxylic acids is 1. The van der Waals surface area contributed by atoms with Crippen LogP contribution in [0.5, 0.6) is 11.5 Å². The van der Waals surface area contributed by atoms with E-state index in [0.717, 1.165) is 36.3 Å². The van der Waals surface area contributed by atoms with E-state index in [-0.39, 0.29) is 11.9 Å². The maximum Gasteiger partial charge on any atom is 0.227 e. The third kappa shape index (κ3) is 4.16. The van der Waals surface area contributed by atoms with E-state index in [2.05, 4.69) is 15.7 Å². The molecular weight excluding hydrogens is 332 g/mol. The van der Waals surface area contributed by atoms with Crippen molar-refractivity contribution in [1.82, 2.24) is 15.1 Å². The van der Waals surface area contributed by atoms with E-state index in [9.17, 15) is 4.79 Å². The number of rotatable bonds is 7. The van der Waals surface area contributed by atoms with Crippen LogP contribution in [-0.2, 0) is 11.3 Å². The first-order valence-electron chi connectivity index (χ1n) is 8.87. The molecule has 0 radical (unpaired) electrons. The summed E-state index contributed by atoms with van der Waals surface area (Å²) in [6.07, 6.45) is 4.44. The number of benzene rings is 1. The van der Waals surface area contributed by atoms with Crippen LogP contribution in [0.15, 0.2) is 24.4 Å². The Morgan fingerprint density at radius 3 is 2.85 bits per heavy atom. The summed E-state index contributed by atoms with van der Waals surface area (Å²) in [5.74, 6) is 2.11. The Morgan fingerprint density at radius 2 is 2.15 bits per heavy atom. The number of ether oxygens (including phenoxy) is 2. The summed E-state index contributed by atoms with van der Waals surface area (Å²) in [5.41, 5.74) is 1.96. The van der Waals surface area contributed by atoms with E-state index < -0.39 is 0 Å². The van der Waals surface area contributed by atoms with Crippen molar-refractivity contribution in [3.05, 3.63) is 35.5 Å². The number of nitrogens with zero attached hydrogens (tertiary/aromatic N) is 2. The van der Waals surface area contributed by atoms with E-state index in [1.165, 1.54) is 0 Å². The zero-order valence-electron chi connectivity index (χ0n) is 15.5. The lowest BCUT2D eigenvalue weighted by molar-refractivity contribution is -0.116. The zero-order valence-corrected chi connectivity index (χ0v) is 15.5. The van der Waals surface area contributed by atoms with Gasteiger partial charge in [-0.3, -0.25) is 4.79 Å². The molecule has 0 bridgehead atoms. The number of aryl methyl sites for hydroxylation is 1. The zero-order chi connectivity index (χ0) is 18.5. The summed E-state index contributed by atoms with van der Waals surface area (Å²) in [5, 5.41) is 10.8. The predicted molar refractivity (Wildman–Crippen MR) is 99.9 cm³/mol. The Morgan fingerprint density at radius 1 is 1.35 bits per heavy atom. The quantitative estimate of drug-likeness (QED) is 0.794. The number of hydrogen-bond acceptors (Lipinski definition) is 5. The average molecular weight is 358 g/mol. The van der Waals surface area contributed by atoms with Crippen LogP contribution >= 0.6 is 0 Å². The van der Waals surface area contributed by atoms with Gasteiger partial charge in [-0.1, -0.05) is 6.07 Å². The molecule has 1 aliphatic heterocycles. The summed E-state index contributed by atoms with van der Waals surface area (Å²) < 4.78 is 12.4. The van der Waals surface area contributed by atoms with E-state index in [1.807, 2.05) is 25.1 Å². The first-order valence-corrected chi connectivity index (χ1v) is 8.87. The molecule has 140 valence electrons. The second-order valence-corrected chi connectivity index (χ2v) is 6.57. The van der Waals surface area contributed by atoms with Crippen molar-refractivity contribution < 1.29 is 14.3 Å². The maximum absolute atomic E-state index is 12.4. The molecule has 2 aromatic rings. The molecule has 1 fully saturated rings. The molecule has 1 amide bonds. The highest BCUT2D eigenvalue weighted by atomic mass is 16.5. The minimum absolute atomic E-state index is 0.0153. The summed E-state index contributed by atoms with van der Waals surface area (Å²) in [6, 6.07) is 6.03. The first kappa shape index (κ1) is 18.3. The van der Waals surface area contributed by atoms with Crippen molar-refractivity contribution in [1.29, 1.82) is 0 Å². The second kappa shape index (κ2) is 8.23. The van der Waals surface area contributed by atoms with Gasteiger partial charge in [0, 0.05) is 18.0 Å². The third-order valence-corrected chi connectivity index (χ3v) is 4.65. The van der Waals surface area contributed by atoms with Crippen LogP contribution in [-0.4, -0.2) is 42.5 Å². The monoisotopic (exact) mass is 358 g/mol. The molecule has 0 saturated carbocycles. The highest BCUT2D eigenvalue weighted by Crippen LogP contribution is 2.28. The first-order chi connectivity index (χ1) is 12.6. The molecule has 2 heterocycles. The largest absolute Gasteiger partial charge is 0.493 e. The molecule has 1 unspecified atom stereocenters. The number of anilines is 1. The SMILES string of the molecule is COc1ccc(Cn2ncc(C)c2NC(=O)CC2CCCN2)cc1OC. The van der Waals surface area contributed by atoms with Gasteiger partial charge in [0.2, 0.25) is 5.91 Å². The lowest BCUT2D eigenvalue weighted by Crippen LogP contribution is -2.28. The molecule has 1 saturated heterocycles. The molecule has 1 atom stereocenters. The molecule has 1 aromatic carbocycles. The smallest absolute Gasteiger partial charge is 0.227 e. The molecule has 7 nitrogen and oxygen atoms in total. The highest BCUT2D eigenvalue weighted by Gasteiger charge is 2.19. The number of hydrogen-bond donors (Lipinski definition) is 2. The van der Waals surface area contributed by atoms with Crippen molar-refractivity contribution in [2.45, 2.75) is 38.8 Å². The lowest BCUT2D eigenvalue weighted by Gasteiger charge is -2.14. The molecule has 2 N–H and O–H groups in total. The summed E-state index contributed by atoms with van der Waals surface area (Å²) >= 11 is 0. The van der Waals surface area contributed by atoms with Gasteiger partial charge in [-0.05, 0) is 44.0 Å². The normalized spacial score (nSPS) is 16.5. The van der Waals surface area contributed by atoms with Crippen LogP contribution in [0.25, 0.3) is 0 Å². The topological polar surface area (TPSA) is 77.4 Å². The Balaban J connectivity index is 1.72. The van der Waals surface area contributed by atoms with E-state index >= 15 is 0 Å². The van der Waals surface area contributed by atoms with Gasteiger partial charge in [0.25, 0.3) is 0 Å². The van der Waals surface area contributed by atoms with Crippen LogP contribution in [0.1, 0.15) is 30.4 Å². The molecule has 7 heteroatoms. The van der Waals surface area contributed by atoms with Gasteiger partial charge in [0.05, 0.1) is 27.0 Å². The van der Waals surface area contributed by atoms with Crippen LogP contribution in [0, 0.1) is 6.92 Å². The number of nitrogens with one attached hydrogen (secondary N) is 2. The van der Waals surface area contributed by atoms with Crippen molar-refractivity contribution in [3.8, 4) is 11.5 Å². The third-order valence-electron chi connectivity index (χ3n) is 4.65. The minimum atomic E-state index is 0.0153. The second-order valence-electron chi connectivity index (χ2n) is 6.57. The van der Waals surface area contributed by atoms with E-state index in [0.29, 0.717) is 24.5 Å². The predicted octanol–water partition coefficient (Wildman–Crippen LogP) is 2.34. The molecular formula is C19H26N4O3. The Bertz CT molecular complexity index is 766. The molecule has 3 rings (SSSR count). The summed E-state index contributed by atoms with van der Waals surface area (Å²) in [4.78, 5) is 12.4. The van der Waals surface area contributed by atoms with Gasteiger partial charge >= 0.3 is 0 Å². The van der Waals surface area contributed by atoms with Crippen LogP contribution in [0.2, 0.25) is 0 Å². The fourth-order valence-corrected chi connectivity index (χ4v) is 3.25. The van der Waals surface area contributed by atoms with Gasteiger partial charge in [-0.2, -0.15) is 5.10 Å². The number of methoxy groups -OCH3 is 2. The van der Waals surface area contributed by atoms with Gasteiger partial charge in [0.15, 0.2) is 11.5 Å². The molecule has 1 aromatic heterocycles. The summed E-state index contributed by atoms with van der Waals surface area (Å²) in [7, 11) is 3.23. The van der Waals surface area contributed by atoms with Gasteiger partial charge in [-0.25, -0.2) is 4.68 Å². The van der Waals surface area contributed by atoms with Gasteiger partial charge in [-0.15, -0.1) is 0 Å².